The van der Waals surface area contributed by atoms with Crippen LogP contribution in [0.2, 0.25) is 0 Å². The summed E-state index contributed by atoms with van der Waals surface area (Å²) in [4.78, 5) is 11.1. The summed E-state index contributed by atoms with van der Waals surface area (Å²) in [5.41, 5.74) is 10.4. The maximum absolute atomic E-state index is 6.41. The average molecular weight is 744 g/mol. The predicted molar refractivity (Wildman–Crippen MR) is 237 cm³/mol. The lowest BCUT2D eigenvalue weighted by Gasteiger charge is -2.32. The molecule has 0 amide bonds. The Morgan fingerprint density at radius 2 is 1.05 bits per heavy atom. The van der Waals surface area contributed by atoms with Gasteiger partial charge in [-0.3, -0.25) is 0 Å². The molecule has 0 bridgehead atoms. The SMILES string of the molecule is c1ccc(-c2nc(-c3ccc(-n4c5ccccc5c5ccc6oc7ccccc7c6c54)cc3)c3c(n2)-c2ccccc2[Si]3(c2ccccc2)c2ccccc2)cc1. The molecule has 4 heterocycles. The second-order valence-electron chi connectivity index (χ2n) is 14.8. The van der Waals surface area contributed by atoms with Gasteiger partial charge >= 0.3 is 0 Å². The lowest BCUT2D eigenvalue weighted by atomic mass is 10.1. The molecule has 266 valence electrons. The number of benzene rings is 8. The predicted octanol–water partition coefficient (Wildman–Crippen LogP) is 10.2. The van der Waals surface area contributed by atoms with Crippen LogP contribution < -0.4 is 20.7 Å². The number of fused-ring (bicyclic) bond motifs is 10. The Bertz CT molecular complexity index is 3300. The molecule has 0 aliphatic carbocycles. The summed E-state index contributed by atoms with van der Waals surface area (Å²) in [6.45, 7) is 0. The fraction of sp³-hybridized carbons (Fsp3) is 0. The van der Waals surface area contributed by atoms with E-state index in [-0.39, 0.29) is 0 Å². The zero-order valence-corrected chi connectivity index (χ0v) is 31.8. The van der Waals surface area contributed by atoms with E-state index in [1.54, 1.807) is 0 Å². The fourth-order valence-corrected chi connectivity index (χ4v) is 14.8. The summed E-state index contributed by atoms with van der Waals surface area (Å²) in [6.07, 6.45) is 0. The molecule has 4 nitrogen and oxygen atoms in total. The molecule has 0 radical (unpaired) electrons. The van der Waals surface area contributed by atoms with Gasteiger partial charge in [0.05, 0.1) is 27.8 Å². The highest BCUT2D eigenvalue weighted by atomic mass is 28.3. The highest BCUT2D eigenvalue weighted by molar-refractivity contribution is 7.22. The smallest absolute Gasteiger partial charge is 0.185 e. The summed E-state index contributed by atoms with van der Waals surface area (Å²) < 4.78 is 8.81. The molecule has 0 saturated heterocycles. The molecule has 11 aromatic rings. The van der Waals surface area contributed by atoms with Crippen molar-refractivity contribution in [1.29, 1.82) is 0 Å². The third-order valence-electron chi connectivity index (χ3n) is 11.9. The Morgan fingerprint density at radius 1 is 0.439 bits per heavy atom. The Labute approximate surface area is 330 Å². The number of hydrogen-bond acceptors (Lipinski definition) is 3. The summed E-state index contributed by atoms with van der Waals surface area (Å²) in [6, 6.07) is 71.9. The van der Waals surface area contributed by atoms with E-state index < -0.39 is 8.07 Å². The van der Waals surface area contributed by atoms with Crippen molar-refractivity contribution in [3.05, 3.63) is 200 Å². The minimum Gasteiger partial charge on any atom is -0.456 e. The Hall–Kier alpha value is -7.34. The van der Waals surface area contributed by atoms with E-state index in [9.17, 15) is 0 Å². The van der Waals surface area contributed by atoms with Gasteiger partial charge in [0.2, 0.25) is 0 Å². The maximum Gasteiger partial charge on any atom is 0.185 e. The number of nitrogens with zero attached hydrogens (tertiary/aromatic N) is 3. The molecule has 12 rings (SSSR count). The molecule has 3 aromatic heterocycles. The molecule has 8 aromatic carbocycles. The van der Waals surface area contributed by atoms with Crippen LogP contribution >= 0.6 is 0 Å². The Morgan fingerprint density at radius 3 is 1.81 bits per heavy atom. The second kappa shape index (κ2) is 12.3. The highest BCUT2D eigenvalue weighted by Gasteiger charge is 2.51. The third-order valence-corrected chi connectivity index (χ3v) is 16.8. The van der Waals surface area contributed by atoms with E-state index in [1.165, 1.54) is 37.1 Å². The van der Waals surface area contributed by atoms with Gasteiger partial charge in [-0.25, -0.2) is 9.97 Å². The zero-order valence-electron chi connectivity index (χ0n) is 30.8. The number of para-hydroxylation sites is 2. The molecule has 0 atom stereocenters. The van der Waals surface area contributed by atoms with Crippen LogP contribution in [0.3, 0.4) is 0 Å². The molecule has 5 heteroatoms. The minimum absolute atomic E-state index is 0.728. The fourth-order valence-electron chi connectivity index (χ4n) is 9.53. The van der Waals surface area contributed by atoms with Crippen molar-refractivity contribution in [1.82, 2.24) is 14.5 Å². The average Bonchev–Trinajstić information content (AvgIpc) is 3.94. The van der Waals surface area contributed by atoms with Crippen molar-refractivity contribution in [3.8, 4) is 39.6 Å². The van der Waals surface area contributed by atoms with Crippen molar-refractivity contribution >= 4 is 72.6 Å². The van der Waals surface area contributed by atoms with Crippen LogP contribution in [0.25, 0.3) is 83.3 Å². The Kier molecular flexibility index (Phi) is 6.91. The van der Waals surface area contributed by atoms with Gasteiger partial charge < -0.3 is 8.98 Å². The van der Waals surface area contributed by atoms with Crippen LogP contribution in [0, 0.1) is 0 Å². The molecule has 57 heavy (non-hydrogen) atoms. The van der Waals surface area contributed by atoms with Gasteiger partial charge in [0.15, 0.2) is 13.9 Å². The number of rotatable bonds is 5. The van der Waals surface area contributed by atoms with E-state index in [2.05, 4.69) is 193 Å². The van der Waals surface area contributed by atoms with Gasteiger partial charge in [0.25, 0.3) is 0 Å². The topological polar surface area (TPSA) is 43.9 Å². The van der Waals surface area contributed by atoms with Gasteiger partial charge in [-0.05, 0) is 52.0 Å². The summed E-state index contributed by atoms with van der Waals surface area (Å²) in [5.74, 6) is 0.728. The van der Waals surface area contributed by atoms with E-state index in [0.29, 0.717) is 0 Å². The number of aromatic nitrogens is 3. The maximum atomic E-state index is 6.41. The molecule has 1 aliphatic rings. The van der Waals surface area contributed by atoms with Crippen LogP contribution in [0.1, 0.15) is 0 Å². The van der Waals surface area contributed by atoms with Gasteiger partial charge in [-0.15, -0.1) is 0 Å². The highest BCUT2D eigenvalue weighted by Crippen LogP contribution is 2.41. The van der Waals surface area contributed by atoms with Crippen LogP contribution in [0.15, 0.2) is 205 Å². The van der Waals surface area contributed by atoms with Gasteiger partial charge in [0, 0.05) is 43.7 Å². The zero-order chi connectivity index (χ0) is 37.5. The monoisotopic (exact) mass is 743 g/mol. The molecular weight excluding hydrogens is 711 g/mol. The molecular formula is C52H33N3OSi. The van der Waals surface area contributed by atoms with Crippen LogP contribution in [-0.2, 0) is 0 Å². The van der Waals surface area contributed by atoms with Crippen molar-refractivity contribution in [2.24, 2.45) is 0 Å². The molecule has 0 unspecified atom stereocenters. The van der Waals surface area contributed by atoms with Crippen molar-refractivity contribution in [3.63, 3.8) is 0 Å². The van der Waals surface area contributed by atoms with E-state index in [0.717, 1.165) is 67.0 Å². The largest absolute Gasteiger partial charge is 0.456 e. The summed E-state index contributed by atoms with van der Waals surface area (Å²) in [7, 11) is -2.91. The molecule has 0 fully saturated rings. The minimum atomic E-state index is -2.91. The first-order chi connectivity index (χ1) is 28.3. The van der Waals surface area contributed by atoms with E-state index in [1.807, 2.05) is 12.1 Å². The normalized spacial score (nSPS) is 13.1. The quantitative estimate of drug-likeness (QED) is 0.165. The van der Waals surface area contributed by atoms with Crippen LogP contribution in [0.4, 0.5) is 0 Å². The molecule has 1 aliphatic heterocycles. The van der Waals surface area contributed by atoms with Crippen LogP contribution in [0.5, 0.6) is 0 Å². The first kappa shape index (κ1) is 32.0. The van der Waals surface area contributed by atoms with E-state index in [4.69, 9.17) is 14.4 Å². The number of hydrogen-bond donors (Lipinski definition) is 0. The van der Waals surface area contributed by atoms with Gasteiger partial charge in [-0.2, -0.15) is 0 Å². The first-order valence-electron chi connectivity index (χ1n) is 19.4. The van der Waals surface area contributed by atoms with Gasteiger partial charge in [0.1, 0.15) is 11.2 Å². The third kappa shape index (κ3) is 4.55. The van der Waals surface area contributed by atoms with Gasteiger partial charge in [-0.1, -0.05) is 164 Å². The lowest BCUT2D eigenvalue weighted by Crippen LogP contribution is -2.73. The van der Waals surface area contributed by atoms with Crippen LogP contribution in [-0.4, -0.2) is 22.6 Å². The van der Waals surface area contributed by atoms with Crippen molar-refractivity contribution < 1.29 is 4.42 Å². The standard InChI is InChI=1S/C52H33N3OSi/c1-4-16-35(17-5-1)52-53-48(51-49(54-52)42-24-12-15-27-46(42)57(51,37-18-6-2-7-19-37)38-20-8-3-9-21-38)34-28-30-36(31-29-34)55-43-25-13-10-22-39(43)40-32-33-45-47(50(40)55)41-23-11-14-26-44(41)56-45/h1-33H. The number of furan rings is 1. The summed E-state index contributed by atoms with van der Waals surface area (Å²) in [5, 5.41) is 9.87. The summed E-state index contributed by atoms with van der Waals surface area (Å²) >= 11 is 0. The Balaban J connectivity index is 1.15. The van der Waals surface area contributed by atoms with Crippen molar-refractivity contribution in [2.45, 2.75) is 0 Å². The molecule has 0 spiro atoms. The van der Waals surface area contributed by atoms with Crippen molar-refractivity contribution in [2.75, 3.05) is 0 Å². The second-order valence-corrected chi connectivity index (χ2v) is 18.5. The lowest BCUT2D eigenvalue weighted by molar-refractivity contribution is 0.669. The molecule has 0 N–H and O–H groups in total. The van der Waals surface area contributed by atoms with E-state index >= 15 is 0 Å². The first-order valence-corrected chi connectivity index (χ1v) is 21.4. The molecule has 0 saturated carbocycles.